The molecular formula is C20H26N2O. The number of hydrogen-bond acceptors (Lipinski definition) is 3. The van der Waals surface area contributed by atoms with Gasteiger partial charge in [-0.1, -0.05) is 36.4 Å². The van der Waals surface area contributed by atoms with Crippen LogP contribution in [-0.2, 0) is 6.54 Å². The van der Waals surface area contributed by atoms with E-state index in [1.165, 1.54) is 29.7 Å². The van der Waals surface area contributed by atoms with Crippen molar-refractivity contribution < 1.29 is 4.74 Å². The van der Waals surface area contributed by atoms with Crippen molar-refractivity contribution in [2.75, 3.05) is 25.1 Å². The van der Waals surface area contributed by atoms with Gasteiger partial charge in [-0.2, -0.15) is 0 Å². The molecule has 0 bridgehead atoms. The van der Waals surface area contributed by atoms with Crippen LogP contribution in [0.2, 0.25) is 0 Å². The zero-order chi connectivity index (χ0) is 16.1. The first-order chi connectivity index (χ1) is 11.3. The SMILES string of the molecule is COc1ccc(CN[C@H](C)c2ccccc2)cc1N1CCCC1. The third-order valence-corrected chi connectivity index (χ3v) is 4.60. The fraction of sp³-hybridized carbons (Fsp3) is 0.400. The summed E-state index contributed by atoms with van der Waals surface area (Å²) in [6.07, 6.45) is 2.55. The summed E-state index contributed by atoms with van der Waals surface area (Å²) in [7, 11) is 1.75. The molecule has 122 valence electrons. The number of methoxy groups -OCH3 is 1. The van der Waals surface area contributed by atoms with Gasteiger partial charge in [-0.25, -0.2) is 0 Å². The van der Waals surface area contributed by atoms with Crippen LogP contribution in [0, 0.1) is 0 Å². The Balaban J connectivity index is 1.69. The van der Waals surface area contributed by atoms with E-state index < -0.39 is 0 Å². The second-order valence-corrected chi connectivity index (χ2v) is 6.21. The summed E-state index contributed by atoms with van der Waals surface area (Å²) in [5, 5.41) is 3.61. The maximum atomic E-state index is 5.55. The fourth-order valence-electron chi connectivity index (χ4n) is 3.18. The highest BCUT2D eigenvalue weighted by Gasteiger charge is 2.17. The van der Waals surface area contributed by atoms with E-state index in [2.05, 4.69) is 65.7 Å². The van der Waals surface area contributed by atoms with Crippen LogP contribution >= 0.6 is 0 Å². The highest BCUT2D eigenvalue weighted by atomic mass is 16.5. The van der Waals surface area contributed by atoms with Crippen LogP contribution in [0.15, 0.2) is 48.5 Å². The number of anilines is 1. The minimum absolute atomic E-state index is 0.341. The first-order valence-corrected chi connectivity index (χ1v) is 8.48. The molecule has 23 heavy (non-hydrogen) atoms. The number of benzene rings is 2. The lowest BCUT2D eigenvalue weighted by Gasteiger charge is -2.22. The molecule has 3 nitrogen and oxygen atoms in total. The predicted molar refractivity (Wildman–Crippen MR) is 96.1 cm³/mol. The van der Waals surface area contributed by atoms with E-state index in [0.29, 0.717) is 6.04 Å². The van der Waals surface area contributed by atoms with E-state index in [9.17, 15) is 0 Å². The standard InChI is InChI=1S/C20H26N2O/c1-16(18-8-4-3-5-9-18)21-15-17-10-11-20(23-2)19(14-17)22-12-6-7-13-22/h3-5,8-11,14,16,21H,6-7,12-13,15H2,1-2H3/t16-/m1/s1. The second-order valence-electron chi connectivity index (χ2n) is 6.21. The molecule has 0 radical (unpaired) electrons. The predicted octanol–water partition coefficient (Wildman–Crippen LogP) is 4.15. The van der Waals surface area contributed by atoms with Crippen molar-refractivity contribution in [3.8, 4) is 5.75 Å². The van der Waals surface area contributed by atoms with Gasteiger partial charge in [0.1, 0.15) is 5.75 Å². The third kappa shape index (κ3) is 3.85. The van der Waals surface area contributed by atoms with Crippen molar-refractivity contribution >= 4 is 5.69 Å². The van der Waals surface area contributed by atoms with Crippen LogP contribution in [0.3, 0.4) is 0 Å². The smallest absolute Gasteiger partial charge is 0.142 e. The van der Waals surface area contributed by atoms with Crippen molar-refractivity contribution in [1.82, 2.24) is 5.32 Å². The normalized spacial score (nSPS) is 15.7. The Morgan fingerprint density at radius 2 is 1.83 bits per heavy atom. The maximum absolute atomic E-state index is 5.55. The molecule has 0 amide bonds. The molecule has 0 spiro atoms. The molecule has 0 aliphatic carbocycles. The summed E-state index contributed by atoms with van der Waals surface area (Å²) >= 11 is 0. The quantitative estimate of drug-likeness (QED) is 0.867. The van der Waals surface area contributed by atoms with Crippen LogP contribution in [0.5, 0.6) is 5.75 Å². The van der Waals surface area contributed by atoms with Crippen molar-refractivity contribution in [3.05, 3.63) is 59.7 Å². The zero-order valence-electron chi connectivity index (χ0n) is 14.1. The number of hydrogen-bond donors (Lipinski definition) is 1. The molecule has 3 heteroatoms. The minimum Gasteiger partial charge on any atom is -0.495 e. The second kappa shape index (κ2) is 7.51. The third-order valence-electron chi connectivity index (χ3n) is 4.60. The van der Waals surface area contributed by atoms with Crippen LogP contribution in [0.1, 0.15) is 36.9 Å². The van der Waals surface area contributed by atoms with Crippen LogP contribution in [-0.4, -0.2) is 20.2 Å². The van der Waals surface area contributed by atoms with Gasteiger partial charge < -0.3 is 15.0 Å². The highest BCUT2D eigenvalue weighted by molar-refractivity contribution is 5.60. The van der Waals surface area contributed by atoms with Gasteiger partial charge >= 0.3 is 0 Å². The molecule has 0 unspecified atom stereocenters. The summed E-state index contributed by atoms with van der Waals surface area (Å²) in [6.45, 7) is 5.34. The average Bonchev–Trinajstić information content (AvgIpc) is 3.14. The Bertz CT molecular complexity index is 621. The Morgan fingerprint density at radius 1 is 1.09 bits per heavy atom. The van der Waals surface area contributed by atoms with Crippen molar-refractivity contribution in [3.63, 3.8) is 0 Å². The Kier molecular flexibility index (Phi) is 5.19. The van der Waals surface area contributed by atoms with Gasteiger partial charge in [0.05, 0.1) is 12.8 Å². The average molecular weight is 310 g/mol. The van der Waals surface area contributed by atoms with Crippen LogP contribution in [0.4, 0.5) is 5.69 Å². The van der Waals surface area contributed by atoms with E-state index in [-0.39, 0.29) is 0 Å². The Hall–Kier alpha value is -2.00. The lowest BCUT2D eigenvalue weighted by Crippen LogP contribution is -2.20. The Labute approximate surface area is 139 Å². The van der Waals surface area contributed by atoms with Crippen molar-refractivity contribution in [2.45, 2.75) is 32.4 Å². The van der Waals surface area contributed by atoms with Gasteiger partial charge in [-0.3, -0.25) is 0 Å². The lowest BCUT2D eigenvalue weighted by molar-refractivity contribution is 0.414. The zero-order valence-corrected chi connectivity index (χ0v) is 14.1. The van der Waals surface area contributed by atoms with E-state index in [4.69, 9.17) is 4.74 Å². The van der Waals surface area contributed by atoms with E-state index in [1.807, 2.05) is 0 Å². The monoisotopic (exact) mass is 310 g/mol. The topological polar surface area (TPSA) is 24.5 Å². The lowest BCUT2D eigenvalue weighted by atomic mass is 10.1. The maximum Gasteiger partial charge on any atom is 0.142 e. The number of nitrogens with one attached hydrogen (secondary N) is 1. The molecule has 2 aromatic rings. The van der Waals surface area contributed by atoms with Gasteiger partial charge in [-0.15, -0.1) is 0 Å². The van der Waals surface area contributed by atoms with Crippen LogP contribution in [0.25, 0.3) is 0 Å². The molecule has 0 aromatic heterocycles. The molecule has 3 rings (SSSR count). The number of rotatable bonds is 6. The summed E-state index contributed by atoms with van der Waals surface area (Å²) < 4.78 is 5.55. The van der Waals surface area contributed by atoms with Gasteiger partial charge in [0.25, 0.3) is 0 Å². The molecule has 1 saturated heterocycles. The van der Waals surface area contributed by atoms with E-state index >= 15 is 0 Å². The molecule has 1 N–H and O–H groups in total. The highest BCUT2D eigenvalue weighted by Crippen LogP contribution is 2.32. The number of ether oxygens (including phenoxy) is 1. The molecule has 1 fully saturated rings. The fourth-order valence-corrected chi connectivity index (χ4v) is 3.18. The van der Waals surface area contributed by atoms with Crippen molar-refractivity contribution in [1.29, 1.82) is 0 Å². The molecule has 1 atom stereocenters. The molecule has 1 aliphatic heterocycles. The minimum atomic E-state index is 0.341. The van der Waals surface area contributed by atoms with E-state index in [1.54, 1.807) is 7.11 Å². The van der Waals surface area contributed by atoms with Crippen LogP contribution < -0.4 is 15.0 Å². The van der Waals surface area contributed by atoms with Gasteiger partial charge in [0.2, 0.25) is 0 Å². The van der Waals surface area contributed by atoms with Crippen molar-refractivity contribution in [2.24, 2.45) is 0 Å². The largest absolute Gasteiger partial charge is 0.495 e. The molecule has 2 aromatic carbocycles. The van der Waals surface area contributed by atoms with Gasteiger partial charge in [0.15, 0.2) is 0 Å². The summed E-state index contributed by atoms with van der Waals surface area (Å²) in [5.41, 5.74) is 3.85. The summed E-state index contributed by atoms with van der Waals surface area (Å²) in [5.74, 6) is 0.978. The number of nitrogens with zero attached hydrogens (tertiary/aromatic N) is 1. The first kappa shape index (κ1) is 15.9. The van der Waals surface area contributed by atoms with E-state index in [0.717, 1.165) is 25.4 Å². The molecule has 1 heterocycles. The molecule has 0 saturated carbocycles. The Morgan fingerprint density at radius 3 is 2.52 bits per heavy atom. The summed E-state index contributed by atoms with van der Waals surface area (Å²) in [4.78, 5) is 2.43. The first-order valence-electron chi connectivity index (χ1n) is 8.48. The van der Waals surface area contributed by atoms with Gasteiger partial charge in [-0.05, 0) is 43.0 Å². The molecule has 1 aliphatic rings. The van der Waals surface area contributed by atoms with Gasteiger partial charge in [0, 0.05) is 25.7 Å². The molecular weight excluding hydrogens is 284 g/mol. The summed E-state index contributed by atoms with van der Waals surface area (Å²) in [6, 6.07) is 17.4.